The molecule has 49 heavy (non-hydrogen) atoms. The van der Waals surface area contributed by atoms with E-state index < -0.39 is 17.3 Å². The first-order valence-corrected chi connectivity index (χ1v) is 19.3. The van der Waals surface area contributed by atoms with Crippen molar-refractivity contribution in [2.24, 2.45) is 62.6 Å². The van der Waals surface area contributed by atoms with Gasteiger partial charge in [0.2, 0.25) is 0 Å². The minimum atomic E-state index is -0.633. The lowest BCUT2D eigenvalue weighted by atomic mass is 9.34. The maximum absolute atomic E-state index is 13.5. The van der Waals surface area contributed by atoms with Crippen LogP contribution in [-0.2, 0) is 14.3 Å². The van der Waals surface area contributed by atoms with Gasteiger partial charge in [-0.05, 0) is 108 Å². The molecule has 4 aliphatic carbocycles. The van der Waals surface area contributed by atoms with Crippen molar-refractivity contribution < 1.29 is 19.4 Å². The molecule has 10 heteroatoms. The molecular formula is C39H66N6O4. The smallest absolute Gasteiger partial charge is 0.307 e. The van der Waals surface area contributed by atoms with Crippen LogP contribution < -0.4 is 11.1 Å². The lowest BCUT2D eigenvalue weighted by Gasteiger charge is -2.71. The number of aliphatic carboxylic acids is 1. The summed E-state index contributed by atoms with van der Waals surface area (Å²) in [6.07, 6.45) is 7.86. The Labute approximate surface area is 295 Å². The van der Waals surface area contributed by atoms with Gasteiger partial charge in [-0.15, -0.1) is 5.10 Å². The molecule has 0 spiro atoms. The predicted molar refractivity (Wildman–Crippen MR) is 191 cm³/mol. The van der Waals surface area contributed by atoms with Crippen LogP contribution >= 0.6 is 0 Å². The Morgan fingerprint density at radius 3 is 2.45 bits per heavy atom. The van der Waals surface area contributed by atoms with Gasteiger partial charge in [0.1, 0.15) is 6.04 Å². The lowest BCUT2D eigenvalue weighted by Crippen LogP contribution is -2.70. The molecule has 1 aromatic rings. The second-order valence-corrected chi connectivity index (χ2v) is 19.0. The zero-order chi connectivity index (χ0) is 35.9. The van der Waals surface area contributed by atoms with E-state index in [-0.39, 0.29) is 51.2 Å². The number of carboxylic acids is 1. The maximum Gasteiger partial charge on any atom is 0.307 e. The highest BCUT2D eigenvalue weighted by Gasteiger charge is 2.73. The van der Waals surface area contributed by atoms with Gasteiger partial charge >= 0.3 is 5.97 Å². The molecule has 4 N–H and O–H groups in total. The molecule has 1 aliphatic heterocycles. The molecule has 1 aromatic heterocycles. The number of rotatable bonds is 10. The minimum absolute atomic E-state index is 0.108. The topological polar surface area (TPSA) is 137 Å². The Morgan fingerprint density at radius 1 is 1.14 bits per heavy atom. The van der Waals surface area contributed by atoms with Crippen LogP contribution in [0.3, 0.4) is 0 Å². The third kappa shape index (κ3) is 5.18. The Balaban J connectivity index is 1.51. The molecule has 0 amide bonds. The van der Waals surface area contributed by atoms with Crippen molar-refractivity contribution in [3.8, 4) is 0 Å². The molecule has 5 aliphatic rings. The summed E-state index contributed by atoms with van der Waals surface area (Å²) < 4.78 is 14.1. The van der Waals surface area contributed by atoms with Crippen molar-refractivity contribution in [2.45, 2.75) is 132 Å². The van der Waals surface area contributed by atoms with Gasteiger partial charge in [0.25, 0.3) is 5.95 Å². The zero-order valence-corrected chi connectivity index (χ0v) is 32.3. The molecule has 0 radical (unpaired) electrons. The molecule has 10 nitrogen and oxygen atoms in total. The summed E-state index contributed by atoms with van der Waals surface area (Å²) in [6, 6.07) is -0.165. The van der Waals surface area contributed by atoms with Crippen LogP contribution in [0.5, 0.6) is 0 Å². The van der Waals surface area contributed by atoms with Gasteiger partial charge in [-0.3, -0.25) is 4.79 Å². The second-order valence-electron chi connectivity index (χ2n) is 19.0. The summed E-state index contributed by atoms with van der Waals surface area (Å²) in [5.74, 6) is 0.764. The highest BCUT2D eigenvalue weighted by molar-refractivity contribution is 5.73. The molecule has 1 saturated heterocycles. The Hall–Kier alpha value is -2.04. The summed E-state index contributed by atoms with van der Waals surface area (Å²) >= 11 is 0. The zero-order valence-electron chi connectivity index (χ0n) is 32.3. The highest BCUT2D eigenvalue weighted by atomic mass is 16.5. The van der Waals surface area contributed by atoms with Crippen LogP contribution in [0.1, 0.15) is 121 Å². The molecule has 12 atom stereocenters. The summed E-state index contributed by atoms with van der Waals surface area (Å²) in [6.45, 7) is 27.8. The van der Waals surface area contributed by atoms with E-state index in [4.69, 9.17) is 15.2 Å². The molecule has 0 unspecified atom stereocenters. The summed E-state index contributed by atoms with van der Waals surface area (Å²) in [7, 11) is 0. The quantitative estimate of drug-likeness (QED) is 0.228. The molecule has 2 heterocycles. The second kappa shape index (κ2) is 12.3. The van der Waals surface area contributed by atoms with E-state index >= 15 is 0 Å². The first-order valence-electron chi connectivity index (χ1n) is 19.3. The van der Waals surface area contributed by atoms with Crippen LogP contribution in [-0.4, -0.2) is 69.3 Å². The molecule has 0 aromatic carbocycles. The van der Waals surface area contributed by atoms with Gasteiger partial charge in [0.05, 0.1) is 31.8 Å². The van der Waals surface area contributed by atoms with Crippen LogP contribution in [0.25, 0.3) is 0 Å². The molecule has 276 valence electrons. The number of hydrogen-bond donors (Lipinski definition) is 3. The number of fused-ring (bicyclic) bond motifs is 3. The molecule has 3 saturated carbocycles. The summed E-state index contributed by atoms with van der Waals surface area (Å²) in [5, 5.41) is 28.1. The normalized spacial score (nSPS) is 43.6. The van der Waals surface area contributed by atoms with Crippen molar-refractivity contribution in [3.05, 3.63) is 11.6 Å². The number of tetrazole rings is 1. The molecule has 6 rings (SSSR count). The van der Waals surface area contributed by atoms with Gasteiger partial charge in [0, 0.05) is 11.0 Å². The largest absolute Gasteiger partial charge is 0.481 e. The number of aromatic nitrogens is 4. The van der Waals surface area contributed by atoms with Crippen molar-refractivity contribution in [1.82, 2.24) is 25.5 Å². The average Bonchev–Trinajstić information content (AvgIpc) is 3.46. The number of nitrogen functional groups attached to an aromatic ring is 1. The van der Waals surface area contributed by atoms with Crippen LogP contribution in [0, 0.1) is 62.6 Å². The van der Waals surface area contributed by atoms with Crippen molar-refractivity contribution >= 4 is 11.9 Å². The van der Waals surface area contributed by atoms with Gasteiger partial charge in [-0.25, -0.2) is 0 Å². The Bertz CT molecular complexity index is 1450. The number of ether oxygens (including phenoxy) is 2. The minimum Gasteiger partial charge on any atom is -0.481 e. The van der Waals surface area contributed by atoms with E-state index in [9.17, 15) is 9.90 Å². The van der Waals surface area contributed by atoms with E-state index in [1.807, 2.05) is 0 Å². The van der Waals surface area contributed by atoms with Crippen LogP contribution in [0.2, 0.25) is 0 Å². The first-order chi connectivity index (χ1) is 22.8. The van der Waals surface area contributed by atoms with Crippen molar-refractivity contribution in [3.63, 3.8) is 0 Å². The van der Waals surface area contributed by atoms with Gasteiger partial charge in [-0.1, -0.05) is 86.0 Å². The fourth-order valence-corrected chi connectivity index (χ4v) is 12.5. The van der Waals surface area contributed by atoms with E-state index in [2.05, 4.69) is 103 Å². The number of likely N-dealkylation sites (N-methyl/N-ethyl adjacent to an activating group) is 1. The lowest BCUT2D eigenvalue weighted by molar-refractivity contribution is -0.256. The number of carboxylic acid groups (broad SMARTS) is 1. The van der Waals surface area contributed by atoms with E-state index in [0.29, 0.717) is 43.5 Å². The Morgan fingerprint density at radius 2 is 1.86 bits per heavy atom. The molecular weight excluding hydrogens is 616 g/mol. The number of carbonyl (C=O) groups is 1. The maximum atomic E-state index is 13.5. The number of nitrogens with one attached hydrogen (secondary N) is 1. The van der Waals surface area contributed by atoms with Gasteiger partial charge in [0.15, 0.2) is 0 Å². The van der Waals surface area contributed by atoms with E-state index in [1.165, 1.54) is 5.57 Å². The fourth-order valence-electron chi connectivity index (χ4n) is 12.5. The molecule has 4 fully saturated rings. The average molecular weight is 683 g/mol. The monoisotopic (exact) mass is 683 g/mol. The Kier molecular flexibility index (Phi) is 9.21. The third-order valence-electron chi connectivity index (χ3n) is 16.2. The van der Waals surface area contributed by atoms with Gasteiger partial charge < -0.3 is 25.6 Å². The van der Waals surface area contributed by atoms with Crippen LogP contribution in [0.4, 0.5) is 5.95 Å². The highest BCUT2D eigenvalue weighted by Crippen LogP contribution is 2.75. The number of anilines is 1. The summed E-state index contributed by atoms with van der Waals surface area (Å²) in [4.78, 5) is 15.3. The summed E-state index contributed by atoms with van der Waals surface area (Å²) in [5.41, 5.74) is 5.94. The number of nitrogens with two attached hydrogens (primary N) is 1. The first kappa shape index (κ1) is 36.7. The fraction of sp³-hybridized carbons (Fsp3) is 0.897. The van der Waals surface area contributed by atoms with Crippen molar-refractivity contribution in [1.29, 1.82) is 0 Å². The predicted octanol–water partition coefficient (Wildman–Crippen LogP) is 6.79. The number of nitrogens with zero attached hydrogens (tertiary/aromatic N) is 4. The van der Waals surface area contributed by atoms with E-state index in [0.717, 1.165) is 45.1 Å². The molecule has 2 bridgehead atoms. The van der Waals surface area contributed by atoms with Crippen molar-refractivity contribution in [2.75, 3.05) is 32.1 Å². The van der Waals surface area contributed by atoms with E-state index in [1.54, 1.807) is 4.80 Å². The van der Waals surface area contributed by atoms with Gasteiger partial charge in [-0.2, -0.15) is 4.80 Å². The SMILES string of the molecule is CCN[C@](C)(CO[C@H]1[C@H](n2nnc(N)n2)C[C@]2(C)COC[C@@]13C1=CC[C@@]4(C)[C@H](C(=O)O)[C@@](C)([C@H](C)C(C)C)CC[C@]4(C)[C@H]1CC[C@H]23)C(C)C. The van der Waals surface area contributed by atoms with Crippen LogP contribution in [0.15, 0.2) is 11.6 Å². The third-order valence-corrected chi connectivity index (χ3v) is 16.2. The number of hydrogen-bond acceptors (Lipinski definition) is 8. The number of allylic oxidation sites excluding steroid dienone is 1. The standard InChI is InChI=1S/C39H66N6O4/c1-12-41-38(11,24(4)5)21-49-31-28(45-43-33(40)42-44-45)19-34(7)20-48-22-39(31)27-15-16-37(10)30(32(46)47)35(8,25(6)23(2)3)17-18-36(37,9)26(27)13-14-29(34)39/h15,23-26,28-31,41H,12-14,16-22H2,1-11H3,(H2,40,43)(H,46,47)/t25-,26+,28-,29-,30-,31+,34-,35-,36-,37+,38-,39+/m1/s1.